The van der Waals surface area contributed by atoms with Gasteiger partial charge in [0.2, 0.25) is 5.75 Å². The molecule has 0 saturated heterocycles. The van der Waals surface area contributed by atoms with E-state index in [2.05, 4.69) is 39.8 Å². The number of carbonyl (C=O) groups is 2. The lowest BCUT2D eigenvalue weighted by atomic mass is 10.00. The first-order valence-corrected chi connectivity index (χ1v) is 14.4. The fraction of sp³-hybridized carbons (Fsp3) is 0.250. The summed E-state index contributed by atoms with van der Waals surface area (Å²) in [6.45, 7) is 2.60. The monoisotopic (exact) mass is 585 g/mol. The van der Waals surface area contributed by atoms with Gasteiger partial charge in [-0.05, 0) is 47.4 Å². The molecule has 6 rings (SSSR count). The number of nitrogens with one attached hydrogen (secondary N) is 2. The van der Waals surface area contributed by atoms with Crippen molar-refractivity contribution in [1.82, 2.24) is 10.2 Å². The maximum atomic E-state index is 13.3. The molecular weight excluding hydrogens is 554 g/mol. The van der Waals surface area contributed by atoms with Gasteiger partial charge in [0.15, 0.2) is 11.5 Å². The molecule has 0 fully saturated rings. The zero-order valence-electron chi connectivity index (χ0n) is 23.6. The fourth-order valence-corrected chi connectivity index (χ4v) is 6.75. The highest BCUT2D eigenvalue weighted by molar-refractivity contribution is 7.16. The van der Waals surface area contributed by atoms with Crippen molar-refractivity contribution in [2.45, 2.75) is 25.7 Å². The third-order valence-corrected chi connectivity index (χ3v) is 8.61. The zero-order valence-corrected chi connectivity index (χ0v) is 24.4. The lowest BCUT2D eigenvalue weighted by Gasteiger charge is -2.28. The van der Waals surface area contributed by atoms with Crippen LogP contribution in [0.15, 0.2) is 66.7 Å². The van der Waals surface area contributed by atoms with Crippen LogP contribution in [-0.2, 0) is 19.5 Å². The molecule has 2 aliphatic heterocycles. The van der Waals surface area contributed by atoms with E-state index in [1.807, 2.05) is 12.1 Å². The van der Waals surface area contributed by atoms with Crippen molar-refractivity contribution < 1.29 is 28.5 Å². The predicted molar refractivity (Wildman–Crippen MR) is 160 cm³/mol. The third-order valence-electron chi connectivity index (χ3n) is 7.47. The number of hydrogen-bond donors (Lipinski definition) is 2. The summed E-state index contributed by atoms with van der Waals surface area (Å²) in [7, 11) is 4.46. The first-order chi connectivity index (χ1) is 20.5. The Morgan fingerprint density at radius 2 is 1.71 bits per heavy atom. The van der Waals surface area contributed by atoms with E-state index in [9.17, 15) is 9.59 Å². The molecule has 1 atom stereocenters. The summed E-state index contributed by atoms with van der Waals surface area (Å²) >= 11 is 1.64. The van der Waals surface area contributed by atoms with Gasteiger partial charge in [0.05, 0.1) is 32.5 Å². The summed E-state index contributed by atoms with van der Waals surface area (Å²) in [5.41, 5.74) is 4.17. The van der Waals surface area contributed by atoms with Gasteiger partial charge in [0, 0.05) is 24.5 Å². The number of methoxy groups -OCH3 is 3. The first kappa shape index (κ1) is 27.6. The van der Waals surface area contributed by atoms with Crippen LogP contribution in [0.4, 0.5) is 5.00 Å². The summed E-state index contributed by atoms with van der Waals surface area (Å²) in [5, 5.41) is 7.46. The Labute approximate surface area is 248 Å². The second kappa shape index (κ2) is 11.8. The molecular formula is C32H31N3O6S. The van der Waals surface area contributed by atoms with Crippen molar-refractivity contribution >= 4 is 28.2 Å². The average Bonchev–Trinajstić information content (AvgIpc) is 3.39. The van der Waals surface area contributed by atoms with E-state index in [1.54, 1.807) is 29.5 Å². The van der Waals surface area contributed by atoms with Gasteiger partial charge in [0.25, 0.3) is 5.91 Å². The van der Waals surface area contributed by atoms with Gasteiger partial charge in [0.1, 0.15) is 16.9 Å². The van der Waals surface area contributed by atoms with Gasteiger partial charge in [-0.1, -0.05) is 42.5 Å². The first-order valence-electron chi connectivity index (χ1n) is 13.6. The Kier molecular flexibility index (Phi) is 7.73. The van der Waals surface area contributed by atoms with Crippen molar-refractivity contribution in [3.63, 3.8) is 0 Å². The Bertz CT molecular complexity index is 1610. The van der Waals surface area contributed by atoms with E-state index < -0.39 is 12.1 Å². The van der Waals surface area contributed by atoms with E-state index in [1.165, 1.54) is 43.9 Å². The second-order valence-electron chi connectivity index (χ2n) is 10.1. The third kappa shape index (κ3) is 5.38. The molecule has 9 nitrogen and oxygen atoms in total. The smallest absolute Gasteiger partial charge is 0.343 e. The van der Waals surface area contributed by atoms with Crippen LogP contribution >= 0.6 is 11.3 Å². The minimum atomic E-state index is -0.583. The second-order valence-corrected chi connectivity index (χ2v) is 11.2. The van der Waals surface area contributed by atoms with E-state index >= 15 is 0 Å². The van der Waals surface area contributed by atoms with Crippen molar-refractivity contribution in [2.75, 3.05) is 33.2 Å². The Balaban J connectivity index is 1.18. The van der Waals surface area contributed by atoms with Gasteiger partial charge in [-0.25, -0.2) is 4.79 Å². The molecule has 2 aliphatic rings. The summed E-state index contributed by atoms with van der Waals surface area (Å²) in [4.78, 5) is 30.0. The highest BCUT2D eigenvalue weighted by Gasteiger charge is 2.33. The molecule has 0 aliphatic carbocycles. The number of fused-ring (bicyclic) bond motifs is 3. The lowest BCUT2D eigenvalue weighted by molar-refractivity contribution is 0.0733. The highest BCUT2D eigenvalue weighted by atomic mass is 32.1. The number of amides is 1. The van der Waals surface area contributed by atoms with Crippen molar-refractivity contribution in [2.24, 2.45) is 0 Å². The zero-order chi connectivity index (χ0) is 29.2. The minimum absolute atomic E-state index is 0.0948. The largest absolute Gasteiger partial charge is 0.493 e. The molecule has 0 radical (unpaired) electrons. The van der Waals surface area contributed by atoms with E-state index in [0.29, 0.717) is 23.0 Å². The van der Waals surface area contributed by atoms with Gasteiger partial charge < -0.3 is 29.6 Å². The number of carbonyl (C=O) groups excluding carboxylic acids is 2. The molecule has 216 valence electrons. The lowest BCUT2D eigenvalue weighted by Crippen LogP contribution is -2.38. The molecule has 42 heavy (non-hydrogen) atoms. The molecule has 2 N–H and O–H groups in total. The fourth-order valence-electron chi connectivity index (χ4n) is 5.43. The quantitative estimate of drug-likeness (QED) is 0.209. The summed E-state index contributed by atoms with van der Waals surface area (Å²) < 4.78 is 21.7. The topological polar surface area (TPSA) is 98.4 Å². The van der Waals surface area contributed by atoms with Crippen LogP contribution in [-0.4, -0.2) is 44.7 Å². The van der Waals surface area contributed by atoms with Crippen LogP contribution in [0.5, 0.6) is 23.0 Å². The van der Waals surface area contributed by atoms with Crippen molar-refractivity contribution in [3.05, 3.63) is 99.4 Å². The Hall–Kier alpha value is -4.54. The summed E-state index contributed by atoms with van der Waals surface area (Å²) in [5.74, 6) is 0.753. The number of benzene rings is 3. The SMILES string of the molecule is COc1cc(C(=O)Oc2cccc(C3NC(=O)c4c(sc5c4CCN(Cc4ccccc4)C5)N3)c2)cc(OC)c1OC. The highest BCUT2D eigenvalue weighted by Crippen LogP contribution is 2.42. The van der Waals surface area contributed by atoms with Gasteiger partial charge in [-0.3, -0.25) is 9.69 Å². The number of nitrogens with zero attached hydrogens (tertiary/aromatic N) is 1. The number of thiophene rings is 1. The Morgan fingerprint density at radius 1 is 0.952 bits per heavy atom. The number of esters is 1. The molecule has 1 unspecified atom stereocenters. The van der Waals surface area contributed by atoms with Gasteiger partial charge in [-0.15, -0.1) is 11.3 Å². The minimum Gasteiger partial charge on any atom is -0.493 e. The predicted octanol–water partition coefficient (Wildman–Crippen LogP) is 5.41. The summed E-state index contributed by atoms with van der Waals surface area (Å²) in [6.07, 6.45) is 0.366. The normalized spacial score (nSPS) is 16.0. The van der Waals surface area contributed by atoms with Crippen LogP contribution in [0.25, 0.3) is 0 Å². The average molecular weight is 586 g/mol. The van der Waals surface area contributed by atoms with E-state index in [-0.39, 0.29) is 11.5 Å². The number of ether oxygens (including phenoxy) is 4. The van der Waals surface area contributed by atoms with Crippen LogP contribution in [0.1, 0.15) is 48.4 Å². The number of anilines is 1. The standard InChI is InChI=1S/C32H31N3O6S/c1-38-24-15-21(16-25(39-2)28(24)40-3)32(37)41-22-11-7-10-20(14-22)29-33-30(36)27-23-12-13-35(17-19-8-5-4-6-9-19)18-26(23)42-31(27)34-29/h4-11,14-16,29,34H,12-13,17-18H2,1-3H3,(H,33,36). The van der Waals surface area contributed by atoms with Crippen molar-refractivity contribution in [3.8, 4) is 23.0 Å². The number of rotatable bonds is 8. The van der Waals surface area contributed by atoms with Crippen LogP contribution in [0.2, 0.25) is 0 Å². The molecule has 10 heteroatoms. The van der Waals surface area contributed by atoms with Gasteiger partial charge in [-0.2, -0.15) is 0 Å². The van der Waals surface area contributed by atoms with Gasteiger partial charge >= 0.3 is 5.97 Å². The molecule has 1 amide bonds. The van der Waals surface area contributed by atoms with Crippen molar-refractivity contribution in [1.29, 1.82) is 0 Å². The van der Waals surface area contributed by atoms with Crippen LogP contribution in [0, 0.1) is 0 Å². The molecule has 0 bridgehead atoms. The maximum absolute atomic E-state index is 13.3. The summed E-state index contributed by atoms with van der Waals surface area (Å²) in [6, 6.07) is 20.6. The Morgan fingerprint density at radius 3 is 2.43 bits per heavy atom. The molecule has 3 heterocycles. The number of hydrogen-bond acceptors (Lipinski definition) is 9. The molecule has 0 spiro atoms. The maximum Gasteiger partial charge on any atom is 0.343 e. The van der Waals surface area contributed by atoms with Crippen LogP contribution in [0.3, 0.4) is 0 Å². The molecule has 0 saturated carbocycles. The van der Waals surface area contributed by atoms with E-state index in [0.717, 1.165) is 47.7 Å². The molecule has 3 aromatic carbocycles. The molecule has 1 aromatic heterocycles. The van der Waals surface area contributed by atoms with Crippen LogP contribution < -0.4 is 29.6 Å². The molecule has 4 aromatic rings. The van der Waals surface area contributed by atoms with E-state index in [4.69, 9.17) is 18.9 Å².